The third-order valence-corrected chi connectivity index (χ3v) is 2.29. The van der Waals surface area contributed by atoms with E-state index in [1.165, 1.54) is 10.9 Å². The summed E-state index contributed by atoms with van der Waals surface area (Å²) in [5.74, 6) is 0. The summed E-state index contributed by atoms with van der Waals surface area (Å²) in [6, 6.07) is 6.26. The minimum Gasteiger partial charge on any atom is -0.268 e. The van der Waals surface area contributed by atoms with Gasteiger partial charge in [-0.25, -0.2) is 0 Å². The molecule has 13 heavy (non-hydrogen) atoms. The van der Waals surface area contributed by atoms with Crippen LogP contribution in [0.25, 0.3) is 17.0 Å². The van der Waals surface area contributed by atoms with Gasteiger partial charge in [0.25, 0.3) is 0 Å². The number of fused-ring (bicyclic) bond motifs is 1. The van der Waals surface area contributed by atoms with E-state index < -0.39 is 0 Å². The first-order valence-corrected chi connectivity index (χ1v) is 4.91. The number of nitrogens with zero attached hydrogens (tertiary/aromatic N) is 2. The summed E-state index contributed by atoms with van der Waals surface area (Å²) in [4.78, 5) is 1.85. The number of aromatic nitrogens is 2. The molecule has 0 N–H and O–H groups in total. The van der Waals surface area contributed by atoms with Gasteiger partial charge in [-0.05, 0) is 22.7 Å². The highest BCUT2D eigenvalue weighted by Gasteiger charge is 1.98. The largest absolute Gasteiger partial charge is 0.268 e. The van der Waals surface area contributed by atoms with Crippen molar-refractivity contribution >= 4 is 32.9 Å². The predicted octanol–water partition coefficient (Wildman–Crippen LogP) is 2.94. The lowest BCUT2D eigenvalue weighted by molar-refractivity contribution is 0.797. The van der Waals surface area contributed by atoms with Crippen LogP contribution in [-0.2, 0) is 7.05 Å². The van der Waals surface area contributed by atoms with Crippen LogP contribution in [0.15, 0.2) is 29.4 Å². The minimum atomic E-state index is 1.16. The van der Waals surface area contributed by atoms with Crippen LogP contribution < -0.4 is 0 Å². The van der Waals surface area contributed by atoms with E-state index in [9.17, 15) is 0 Å². The molecule has 0 unspecified atom stereocenters. The highest BCUT2D eigenvalue weighted by atomic mass is 79.9. The van der Waals surface area contributed by atoms with Gasteiger partial charge in [-0.1, -0.05) is 28.1 Å². The van der Waals surface area contributed by atoms with E-state index >= 15 is 0 Å². The Morgan fingerprint density at radius 2 is 2.31 bits per heavy atom. The Labute approximate surface area is 85.0 Å². The molecule has 0 saturated carbocycles. The van der Waals surface area contributed by atoms with Gasteiger partial charge in [-0.2, -0.15) is 5.10 Å². The molecule has 0 bridgehead atoms. The van der Waals surface area contributed by atoms with Gasteiger partial charge < -0.3 is 0 Å². The normalized spacial score (nSPS) is 11.5. The molecule has 3 heteroatoms. The maximum Gasteiger partial charge on any atom is 0.0685 e. The standard InChI is InChI=1S/C10H9BrN2/c1-13-10-6-8(4-5-11)2-3-9(10)7-12-13/h2-7H,1H3. The number of hydrogen-bond acceptors (Lipinski definition) is 1. The van der Waals surface area contributed by atoms with Crippen molar-refractivity contribution in [3.05, 3.63) is 34.9 Å². The molecule has 0 fully saturated rings. The molecule has 66 valence electrons. The summed E-state index contributed by atoms with van der Waals surface area (Å²) in [5.41, 5.74) is 2.33. The molecule has 0 amide bonds. The van der Waals surface area contributed by atoms with Crippen LogP contribution >= 0.6 is 15.9 Å². The van der Waals surface area contributed by atoms with Crippen molar-refractivity contribution in [2.45, 2.75) is 0 Å². The fourth-order valence-electron chi connectivity index (χ4n) is 1.34. The van der Waals surface area contributed by atoms with Gasteiger partial charge in [0, 0.05) is 12.4 Å². The van der Waals surface area contributed by atoms with E-state index in [0.717, 1.165) is 5.52 Å². The lowest BCUT2D eigenvalue weighted by Crippen LogP contribution is -1.88. The van der Waals surface area contributed by atoms with Crippen LogP contribution in [0.4, 0.5) is 0 Å². The summed E-state index contributed by atoms with van der Waals surface area (Å²) >= 11 is 3.26. The number of hydrogen-bond donors (Lipinski definition) is 0. The number of halogens is 1. The van der Waals surface area contributed by atoms with Gasteiger partial charge in [0.05, 0.1) is 11.7 Å². The number of rotatable bonds is 1. The molecule has 1 aromatic carbocycles. The highest BCUT2D eigenvalue weighted by molar-refractivity contribution is 9.11. The lowest BCUT2D eigenvalue weighted by atomic mass is 10.2. The molecular weight excluding hydrogens is 228 g/mol. The Hall–Kier alpha value is -1.09. The monoisotopic (exact) mass is 236 g/mol. The fourth-order valence-corrected chi connectivity index (χ4v) is 1.64. The molecule has 0 radical (unpaired) electrons. The summed E-state index contributed by atoms with van der Waals surface area (Å²) in [6.45, 7) is 0. The Bertz CT molecular complexity index is 457. The molecule has 0 atom stereocenters. The van der Waals surface area contributed by atoms with E-state index in [2.05, 4.69) is 39.2 Å². The fraction of sp³-hybridized carbons (Fsp3) is 0.100. The molecular formula is C10H9BrN2. The van der Waals surface area contributed by atoms with Gasteiger partial charge in [-0.15, -0.1) is 0 Å². The van der Waals surface area contributed by atoms with Gasteiger partial charge in [-0.3, -0.25) is 4.68 Å². The molecule has 0 aliphatic rings. The number of benzene rings is 1. The average molecular weight is 237 g/mol. The van der Waals surface area contributed by atoms with Crippen LogP contribution in [0.3, 0.4) is 0 Å². The first-order chi connectivity index (χ1) is 6.31. The molecule has 0 saturated heterocycles. The second-order valence-electron chi connectivity index (χ2n) is 2.88. The first-order valence-electron chi connectivity index (χ1n) is 4.00. The van der Waals surface area contributed by atoms with E-state index in [1.54, 1.807) is 0 Å². The van der Waals surface area contributed by atoms with Crippen LogP contribution in [-0.4, -0.2) is 9.78 Å². The molecule has 1 aromatic heterocycles. The zero-order chi connectivity index (χ0) is 9.26. The predicted molar refractivity (Wildman–Crippen MR) is 58.7 cm³/mol. The summed E-state index contributed by atoms with van der Waals surface area (Å²) < 4.78 is 1.88. The van der Waals surface area contributed by atoms with Crippen molar-refractivity contribution < 1.29 is 0 Å². The molecule has 2 nitrogen and oxygen atoms in total. The van der Waals surface area contributed by atoms with Crippen molar-refractivity contribution in [1.82, 2.24) is 9.78 Å². The topological polar surface area (TPSA) is 17.8 Å². The Kier molecular flexibility index (Phi) is 2.19. The van der Waals surface area contributed by atoms with E-state index in [4.69, 9.17) is 0 Å². The Balaban J connectivity index is 2.65. The van der Waals surface area contributed by atoms with Gasteiger partial charge >= 0.3 is 0 Å². The molecule has 2 aromatic rings. The summed E-state index contributed by atoms with van der Waals surface area (Å²) in [6.07, 6.45) is 3.88. The van der Waals surface area contributed by atoms with Crippen LogP contribution in [0.2, 0.25) is 0 Å². The minimum absolute atomic E-state index is 1.16. The lowest BCUT2D eigenvalue weighted by Gasteiger charge is -1.95. The van der Waals surface area contributed by atoms with Gasteiger partial charge in [0.15, 0.2) is 0 Å². The van der Waals surface area contributed by atoms with Gasteiger partial charge in [0.2, 0.25) is 0 Å². The third-order valence-electron chi connectivity index (χ3n) is 2.03. The van der Waals surface area contributed by atoms with Crippen LogP contribution in [0, 0.1) is 0 Å². The van der Waals surface area contributed by atoms with E-state index in [0.29, 0.717) is 0 Å². The second-order valence-corrected chi connectivity index (χ2v) is 3.41. The molecule has 0 aliphatic carbocycles. The van der Waals surface area contributed by atoms with Crippen LogP contribution in [0.5, 0.6) is 0 Å². The Morgan fingerprint density at radius 3 is 3.08 bits per heavy atom. The molecule has 0 aliphatic heterocycles. The van der Waals surface area contributed by atoms with Crippen LogP contribution in [0.1, 0.15) is 5.56 Å². The molecule has 1 heterocycles. The smallest absolute Gasteiger partial charge is 0.0685 e. The maximum atomic E-state index is 4.18. The molecule has 2 rings (SSSR count). The van der Waals surface area contributed by atoms with Gasteiger partial charge in [0.1, 0.15) is 0 Å². The quantitative estimate of drug-likeness (QED) is 0.745. The average Bonchev–Trinajstić information content (AvgIpc) is 2.49. The van der Waals surface area contributed by atoms with Crippen molar-refractivity contribution in [1.29, 1.82) is 0 Å². The number of aryl methyl sites for hydroxylation is 1. The van der Waals surface area contributed by atoms with Crippen molar-refractivity contribution in [3.63, 3.8) is 0 Å². The van der Waals surface area contributed by atoms with Crippen molar-refractivity contribution in [2.24, 2.45) is 7.05 Å². The van der Waals surface area contributed by atoms with Crippen molar-refractivity contribution in [3.8, 4) is 0 Å². The molecule has 0 spiro atoms. The highest BCUT2D eigenvalue weighted by Crippen LogP contribution is 2.15. The second kappa shape index (κ2) is 3.34. The third kappa shape index (κ3) is 1.52. The Morgan fingerprint density at radius 1 is 1.46 bits per heavy atom. The zero-order valence-corrected chi connectivity index (χ0v) is 8.82. The summed E-state index contributed by atoms with van der Waals surface area (Å²) in [5, 5.41) is 5.35. The van der Waals surface area contributed by atoms with Crippen molar-refractivity contribution in [2.75, 3.05) is 0 Å². The van der Waals surface area contributed by atoms with E-state index in [-0.39, 0.29) is 0 Å². The first kappa shape index (κ1) is 8.51. The maximum absolute atomic E-state index is 4.18. The van der Waals surface area contributed by atoms with E-state index in [1.807, 2.05) is 29.0 Å². The SMILES string of the molecule is Cn1ncc2ccc(C=CBr)cc21. The summed E-state index contributed by atoms with van der Waals surface area (Å²) in [7, 11) is 1.95. The zero-order valence-electron chi connectivity index (χ0n) is 7.24.